The van der Waals surface area contributed by atoms with Gasteiger partial charge in [-0.05, 0) is 35.2 Å². The van der Waals surface area contributed by atoms with Crippen LogP contribution in [-0.4, -0.2) is 5.78 Å². The van der Waals surface area contributed by atoms with Gasteiger partial charge in [0.15, 0.2) is 5.78 Å². The molecule has 1 aliphatic carbocycles. The zero-order valence-corrected chi connectivity index (χ0v) is 11.8. The van der Waals surface area contributed by atoms with Crippen LogP contribution in [0.2, 0.25) is 5.02 Å². The van der Waals surface area contributed by atoms with Crippen LogP contribution in [0.3, 0.4) is 0 Å². The summed E-state index contributed by atoms with van der Waals surface area (Å²) in [7, 11) is 0. The summed E-state index contributed by atoms with van der Waals surface area (Å²) >= 11 is 5.97. The van der Waals surface area contributed by atoms with Crippen LogP contribution in [0.1, 0.15) is 28.5 Å². The number of benzene rings is 2. The van der Waals surface area contributed by atoms with Crippen molar-refractivity contribution in [3.05, 3.63) is 70.0 Å². The Bertz CT molecular complexity index is 766. The van der Waals surface area contributed by atoms with E-state index in [0.717, 1.165) is 17.2 Å². The number of rotatable bonds is 3. The highest BCUT2D eigenvalue weighted by Crippen LogP contribution is 2.40. The van der Waals surface area contributed by atoms with E-state index in [1.165, 1.54) is 12.1 Å². The summed E-state index contributed by atoms with van der Waals surface area (Å²) in [4.78, 5) is 12.6. The van der Waals surface area contributed by atoms with Crippen LogP contribution in [0.25, 0.3) is 0 Å². The van der Waals surface area contributed by atoms with Crippen LogP contribution in [0.15, 0.2) is 42.5 Å². The molecule has 2 aromatic carbocycles. The first-order chi connectivity index (χ1) is 10.1. The molecule has 1 aliphatic rings. The first kappa shape index (κ1) is 13.8. The monoisotopic (exact) mass is 299 g/mol. The lowest BCUT2D eigenvalue weighted by atomic mass is 9.71. The van der Waals surface area contributed by atoms with E-state index in [-0.39, 0.29) is 16.7 Å². The van der Waals surface area contributed by atoms with Crippen molar-refractivity contribution in [1.29, 1.82) is 5.26 Å². The lowest BCUT2D eigenvalue weighted by Gasteiger charge is -2.30. The summed E-state index contributed by atoms with van der Waals surface area (Å²) in [6.07, 6.45) is 0.645. The summed E-state index contributed by atoms with van der Waals surface area (Å²) in [5, 5.41) is 9.45. The predicted octanol–water partition coefficient (Wildman–Crippen LogP) is 4.00. The van der Waals surface area contributed by atoms with Crippen LogP contribution in [0.4, 0.5) is 4.39 Å². The number of Topliss-reactive ketones (excluding diaryl/α,β-unsaturated/α-hetero) is 1. The minimum absolute atomic E-state index is 0.113. The second kappa shape index (κ2) is 5.31. The number of fused-ring (bicyclic) bond motifs is 1. The Morgan fingerprint density at radius 1 is 1.33 bits per heavy atom. The molecule has 0 saturated heterocycles. The average Bonchev–Trinajstić information content (AvgIpc) is 2.43. The van der Waals surface area contributed by atoms with Crippen molar-refractivity contribution in [3.63, 3.8) is 0 Å². The molecule has 2 nitrogen and oxygen atoms in total. The Labute approximate surface area is 126 Å². The van der Waals surface area contributed by atoms with Gasteiger partial charge in [-0.2, -0.15) is 5.26 Å². The number of hydrogen-bond donors (Lipinski definition) is 0. The van der Waals surface area contributed by atoms with Gasteiger partial charge in [0.25, 0.3) is 0 Å². The van der Waals surface area contributed by atoms with Crippen molar-refractivity contribution >= 4 is 17.4 Å². The standard InChI is InChI=1S/C17H11ClFNO/c18-16-8-11(19)5-6-13(16)15(9-20)17(21)14-7-10-3-1-2-4-12(10)14/h1-6,8,14-15H,7H2. The number of hydrogen-bond acceptors (Lipinski definition) is 2. The molecular formula is C17H11ClFNO. The van der Waals surface area contributed by atoms with E-state index in [9.17, 15) is 14.4 Å². The van der Waals surface area contributed by atoms with Gasteiger partial charge < -0.3 is 0 Å². The molecule has 0 aliphatic heterocycles. The molecule has 3 rings (SSSR count). The van der Waals surface area contributed by atoms with Crippen molar-refractivity contribution < 1.29 is 9.18 Å². The zero-order chi connectivity index (χ0) is 15.0. The number of nitrogens with zero attached hydrogens (tertiary/aromatic N) is 1. The van der Waals surface area contributed by atoms with Crippen LogP contribution in [0.5, 0.6) is 0 Å². The smallest absolute Gasteiger partial charge is 0.162 e. The highest BCUT2D eigenvalue weighted by Gasteiger charge is 2.37. The van der Waals surface area contributed by atoms with Gasteiger partial charge in [0.1, 0.15) is 11.7 Å². The third kappa shape index (κ3) is 2.32. The summed E-state index contributed by atoms with van der Waals surface area (Å²) < 4.78 is 13.1. The largest absolute Gasteiger partial charge is 0.297 e. The van der Waals surface area contributed by atoms with Gasteiger partial charge in [0.2, 0.25) is 0 Å². The normalized spacial score (nSPS) is 17.3. The van der Waals surface area contributed by atoms with E-state index < -0.39 is 11.7 Å². The molecule has 104 valence electrons. The van der Waals surface area contributed by atoms with E-state index in [2.05, 4.69) is 0 Å². The van der Waals surface area contributed by atoms with Gasteiger partial charge in [0, 0.05) is 10.9 Å². The van der Waals surface area contributed by atoms with Gasteiger partial charge in [0.05, 0.1) is 6.07 Å². The summed E-state index contributed by atoms with van der Waals surface area (Å²) in [5.74, 6) is -1.89. The van der Waals surface area contributed by atoms with Crippen LogP contribution >= 0.6 is 11.6 Å². The zero-order valence-electron chi connectivity index (χ0n) is 11.0. The number of ketones is 1. The Morgan fingerprint density at radius 2 is 2.10 bits per heavy atom. The van der Waals surface area contributed by atoms with Crippen molar-refractivity contribution in [2.24, 2.45) is 0 Å². The molecule has 0 spiro atoms. The van der Waals surface area contributed by atoms with Gasteiger partial charge in [-0.1, -0.05) is 41.9 Å². The summed E-state index contributed by atoms with van der Waals surface area (Å²) in [5.41, 5.74) is 2.48. The molecule has 0 amide bonds. The van der Waals surface area contributed by atoms with E-state index in [1.54, 1.807) is 0 Å². The number of carbonyl (C=O) groups is 1. The van der Waals surface area contributed by atoms with Crippen LogP contribution in [-0.2, 0) is 11.2 Å². The Kier molecular flexibility index (Phi) is 3.48. The van der Waals surface area contributed by atoms with E-state index >= 15 is 0 Å². The molecule has 21 heavy (non-hydrogen) atoms. The summed E-state index contributed by atoms with van der Waals surface area (Å²) in [6.45, 7) is 0. The van der Waals surface area contributed by atoms with E-state index in [4.69, 9.17) is 11.6 Å². The first-order valence-corrected chi connectivity index (χ1v) is 6.95. The minimum Gasteiger partial charge on any atom is -0.297 e. The molecule has 4 heteroatoms. The molecule has 0 bridgehead atoms. The maximum atomic E-state index is 13.1. The van der Waals surface area contributed by atoms with Gasteiger partial charge in [-0.3, -0.25) is 4.79 Å². The average molecular weight is 300 g/mol. The third-order valence-electron chi connectivity index (χ3n) is 3.89. The van der Waals surface area contributed by atoms with E-state index in [1.807, 2.05) is 30.3 Å². The van der Waals surface area contributed by atoms with Crippen molar-refractivity contribution in [1.82, 2.24) is 0 Å². The van der Waals surface area contributed by atoms with Crippen molar-refractivity contribution in [2.75, 3.05) is 0 Å². The van der Waals surface area contributed by atoms with Gasteiger partial charge in [-0.25, -0.2) is 4.39 Å². The van der Waals surface area contributed by atoms with Crippen LogP contribution in [0, 0.1) is 17.1 Å². The molecule has 0 radical (unpaired) electrons. The van der Waals surface area contributed by atoms with Gasteiger partial charge in [-0.15, -0.1) is 0 Å². The fourth-order valence-electron chi connectivity index (χ4n) is 2.74. The van der Waals surface area contributed by atoms with Crippen molar-refractivity contribution in [3.8, 4) is 6.07 Å². The van der Waals surface area contributed by atoms with Crippen LogP contribution < -0.4 is 0 Å². The topological polar surface area (TPSA) is 40.9 Å². The SMILES string of the molecule is N#CC(C(=O)C1Cc2ccccc21)c1ccc(F)cc1Cl. The molecule has 0 N–H and O–H groups in total. The molecule has 2 aromatic rings. The molecule has 0 fully saturated rings. The predicted molar refractivity (Wildman–Crippen MR) is 77.7 cm³/mol. The summed E-state index contributed by atoms with van der Waals surface area (Å²) in [6, 6.07) is 13.4. The second-order valence-electron chi connectivity index (χ2n) is 5.09. The minimum atomic E-state index is -0.962. The maximum absolute atomic E-state index is 13.1. The Hall–Kier alpha value is -2.18. The van der Waals surface area contributed by atoms with E-state index in [0.29, 0.717) is 12.0 Å². The highest BCUT2D eigenvalue weighted by atomic mass is 35.5. The fraction of sp³-hybridized carbons (Fsp3) is 0.176. The fourth-order valence-corrected chi connectivity index (χ4v) is 3.01. The lowest BCUT2D eigenvalue weighted by molar-refractivity contribution is -0.121. The number of carbonyl (C=O) groups excluding carboxylic acids is 1. The number of halogens is 2. The molecule has 0 aromatic heterocycles. The molecular weight excluding hydrogens is 289 g/mol. The molecule has 0 heterocycles. The quantitative estimate of drug-likeness (QED) is 0.859. The number of nitriles is 1. The second-order valence-corrected chi connectivity index (χ2v) is 5.49. The van der Waals surface area contributed by atoms with Gasteiger partial charge >= 0.3 is 0 Å². The third-order valence-corrected chi connectivity index (χ3v) is 4.21. The molecule has 0 saturated carbocycles. The highest BCUT2D eigenvalue weighted by molar-refractivity contribution is 6.31. The van der Waals surface area contributed by atoms with Crippen molar-refractivity contribution in [2.45, 2.75) is 18.3 Å². The molecule has 2 atom stereocenters. The Morgan fingerprint density at radius 3 is 2.76 bits per heavy atom. The molecule has 2 unspecified atom stereocenters. The first-order valence-electron chi connectivity index (χ1n) is 6.58. The lowest BCUT2D eigenvalue weighted by Crippen LogP contribution is -2.29. The Balaban J connectivity index is 1.92. The maximum Gasteiger partial charge on any atom is 0.162 e.